The van der Waals surface area contributed by atoms with Crippen molar-refractivity contribution in [1.29, 1.82) is 0 Å². The fourth-order valence-corrected chi connectivity index (χ4v) is 2.45. The van der Waals surface area contributed by atoms with Crippen LogP contribution in [-0.2, 0) is 6.42 Å². The first-order chi connectivity index (χ1) is 10.7. The smallest absolute Gasteiger partial charge is 0.272 e. The number of aryl methyl sites for hydroxylation is 1. The summed E-state index contributed by atoms with van der Waals surface area (Å²) in [6, 6.07) is 12.2. The molecule has 0 aliphatic carbocycles. The number of rotatable bonds is 4. The summed E-state index contributed by atoms with van der Waals surface area (Å²) in [6.07, 6.45) is 2.32. The largest absolute Gasteiger partial charge is 0.350 e. The minimum Gasteiger partial charge on any atom is -0.350 e. The number of benzene rings is 1. The van der Waals surface area contributed by atoms with Gasteiger partial charge in [-0.3, -0.25) is 4.79 Å². The molecule has 0 fully saturated rings. The minimum absolute atomic E-state index is 0.242. The molecule has 2 heterocycles. The molecule has 5 heteroatoms. The Bertz CT molecular complexity index is 826. The zero-order valence-corrected chi connectivity index (χ0v) is 12.2. The molecule has 0 atom stereocenters. The van der Waals surface area contributed by atoms with Crippen molar-refractivity contribution in [3.63, 3.8) is 0 Å². The maximum Gasteiger partial charge on any atom is 0.272 e. The Morgan fingerprint density at radius 1 is 1.23 bits per heavy atom. The molecule has 0 saturated carbocycles. The van der Waals surface area contributed by atoms with Crippen molar-refractivity contribution in [3.05, 3.63) is 71.6 Å². The van der Waals surface area contributed by atoms with E-state index in [2.05, 4.69) is 10.3 Å². The normalized spacial score (nSPS) is 10.8. The van der Waals surface area contributed by atoms with Crippen LogP contribution < -0.4 is 5.32 Å². The number of hydrogen-bond donors (Lipinski definition) is 1. The van der Waals surface area contributed by atoms with Gasteiger partial charge in [0.15, 0.2) is 5.69 Å². The van der Waals surface area contributed by atoms with Crippen LogP contribution in [0.15, 0.2) is 48.7 Å². The molecule has 0 unspecified atom stereocenters. The molecule has 112 valence electrons. The minimum atomic E-state index is -0.250. The monoisotopic (exact) mass is 297 g/mol. The van der Waals surface area contributed by atoms with Gasteiger partial charge in [0.2, 0.25) is 0 Å². The van der Waals surface area contributed by atoms with Gasteiger partial charge in [-0.15, -0.1) is 0 Å². The van der Waals surface area contributed by atoms with Gasteiger partial charge in [-0.1, -0.05) is 24.3 Å². The van der Waals surface area contributed by atoms with Crippen LogP contribution in [0.25, 0.3) is 5.52 Å². The van der Waals surface area contributed by atoms with E-state index < -0.39 is 0 Å². The highest BCUT2D eigenvalue weighted by atomic mass is 19.1. The molecular weight excluding hydrogens is 281 g/mol. The predicted molar refractivity (Wildman–Crippen MR) is 82.4 cm³/mol. The number of aromatic nitrogens is 2. The van der Waals surface area contributed by atoms with Crippen LogP contribution in [0.5, 0.6) is 0 Å². The molecule has 3 rings (SSSR count). The highest BCUT2D eigenvalue weighted by Gasteiger charge is 2.14. The molecule has 0 aliphatic rings. The third-order valence-electron chi connectivity index (χ3n) is 3.58. The number of hydrogen-bond acceptors (Lipinski definition) is 2. The van der Waals surface area contributed by atoms with Gasteiger partial charge in [0.1, 0.15) is 11.6 Å². The summed E-state index contributed by atoms with van der Waals surface area (Å²) in [5, 5.41) is 2.80. The van der Waals surface area contributed by atoms with Crippen molar-refractivity contribution in [2.75, 3.05) is 6.54 Å². The van der Waals surface area contributed by atoms with Gasteiger partial charge in [0.05, 0.1) is 5.52 Å². The number of carbonyl (C=O) groups excluding carboxylic acids is 1. The molecule has 0 radical (unpaired) electrons. The van der Waals surface area contributed by atoms with E-state index in [0.717, 1.165) is 11.3 Å². The number of nitrogens with one attached hydrogen (secondary N) is 1. The zero-order valence-electron chi connectivity index (χ0n) is 12.2. The standard InChI is InChI=1S/C17H16FN3O/c1-12-20-16(15-8-4-5-11-21(12)15)17(22)19-10-9-13-6-2-3-7-14(13)18/h2-8,11H,9-10H2,1H3,(H,19,22). The summed E-state index contributed by atoms with van der Waals surface area (Å²) >= 11 is 0. The number of halogens is 1. The van der Waals surface area contributed by atoms with Crippen LogP contribution in [-0.4, -0.2) is 21.8 Å². The van der Waals surface area contributed by atoms with Gasteiger partial charge in [0.25, 0.3) is 5.91 Å². The maximum absolute atomic E-state index is 13.5. The van der Waals surface area contributed by atoms with E-state index in [1.165, 1.54) is 6.07 Å². The molecule has 1 aromatic carbocycles. The molecule has 0 saturated heterocycles. The van der Waals surface area contributed by atoms with Crippen molar-refractivity contribution < 1.29 is 9.18 Å². The summed E-state index contributed by atoms with van der Waals surface area (Å²) in [5.41, 5.74) is 1.75. The number of imidazole rings is 1. The highest BCUT2D eigenvalue weighted by molar-refractivity contribution is 5.99. The van der Waals surface area contributed by atoms with E-state index in [1.54, 1.807) is 18.2 Å². The summed E-state index contributed by atoms with van der Waals surface area (Å²) in [7, 11) is 0. The lowest BCUT2D eigenvalue weighted by atomic mass is 10.1. The lowest BCUT2D eigenvalue weighted by molar-refractivity contribution is 0.0951. The first-order valence-corrected chi connectivity index (χ1v) is 7.12. The first-order valence-electron chi connectivity index (χ1n) is 7.12. The third kappa shape index (κ3) is 2.70. The molecule has 1 amide bonds. The van der Waals surface area contributed by atoms with E-state index in [-0.39, 0.29) is 11.7 Å². The van der Waals surface area contributed by atoms with Crippen LogP contribution >= 0.6 is 0 Å². The Hall–Kier alpha value is -2.69. The van der Waals surface area contributed by atoms with Crippen molar-refractivity contribution >= 4 is 11.4 Å². The van der Waals surface area contributed by atoms with Crippen LogP contribution in [0, 0.1) is 12.7 Å². The number of carbonyl (C=O) groups is 1. The number of amides is 1. The van der Waals surface area contributed by atoms with Gasteiger partial charge in [-0.2, -0.15) is 0 Å². The Kier molecular flexibility index (Phi) is 3.87. The lowest BCUT2D eigenvalue weighted by Crippen LogP contribution is -2.26. The van der Waals surface area contributed by atoms with E-state index in [9.17, 15) is 9.18 Å². The SMILES string of the molecule is Cc1nc(C(=O)NCCc2ccccc2F)c2ccccn12. The van der Waals surface area contributed by atoms with Crippen LogP contribution in [0.3, 0.4) is 0 Å². The van der Waals surface area contributed by atoms with E-state index in [0.29, 0.717) is 24.2 Å². The van der Waals surface area contributed by atoms with Gasteiger partial charge >= 0.3 is 0 Å². The quantitative estimate of drug-likeness (QED) is 0.805. The van der Waals surface area contributed by atoms with Crippen LogP contribution in [0.1, 0.15) is 21.9 Å². The molecule has 0 aliphatic heterocycles. The van der Waals surface area contributed by atoms with Crippen molar-refractivity contribution in [1.82, 2.24) is 14.7 Å². The van der Waals surface area contributed by atoms with Gasteiger partial charge < -0.3 is 9.72 Å². The number of pyridine rings is 1. The Labute approximate surface area is 127 Å². The topological polar surface area (TPSA) is 46.4 Å². The second-order valence-corrected chi connectivity index (χ2v) is 5.06. The second-order valence-electron chi connectivity index (χ2n) is 5.06. The average molecular weight is 297 g/mol. The number of fused-ring (bicyclic) bond motifs is 1. The van der Waals surface area contributed by atoms with Gasteiger partial charge in [0, 0.05) is 12.7 Å². The summed E-state index contributed by atoms with van der Waals surface area (Å²) < 4.78 is 15.4. The molecule has 1 N–H and O–H groups in total. The summed E-state index contributed by atoms with van der Waals surface area (Å²) in [6.45, 7) is 2.22. The molecule has 0 spiro atoms. The Morgan fingerprint density at radius 3 is 2.82 bits per heavy atom. The van der Waals surface area contributed by atoms with E-state index >= 15 is 0 Å². The Balaban J connectivity index is 1.70. The zero-order chi connectivity index (χ0) is 15.5. The molecule has 0 bridgehead atoms. The summed E-state index contributed by atoms with van der Waals surface area (Å²) in [5.74, 6) is 0.267. The third-order valence-corrected chi connectivity index (χ3v) is 3.58. The number of nitrogens with zero attached hydrogens (tertiary/aromatic N) is 2. The lowest BCUT2D eigenvalue weighted by Gasteiger charge is -2.05. The molecule has 22 heavy (non-hydrogen) atoms. The Morgan fingerprint density at radius 2 is 2.00 bits per heavy atom. The molecular formula is C17H16FN3O. The van der Waals surface area contributed by atoms with Crippen molar-refractivity contribution in [3.8, 4) is 0 Å². The van der Waals surface area contributed by atoms with Gasteiger partial charge in [-0.25, -0.2) is 9.37 Å². The fourth-order valence-electron chi connectivity index (χ4n) is 2.45. The van der Waals surface area contributed by atoms with E-state index in [1.807, 2.05) is 35.7 Å². The molecule has 4 nitrogen and oxygen atoms in total. The van der Waals surface area contributed by atoms with Crippen LogP contribution in [0.2, 0.25) is 0 Å². The van der Waals surface area contributed by atoms with Crippen LogP contribution in [0.4, 0.5) is 4.39 Å². The van der Waals surface area contributed by atoms with E-state index in [4.69, 9.17) is 0 Å². The van der Waals surface area contributed by atoms with Crippen molar-refractivity contribution in [2.45, 2.75) is 13.3 Å². The van der Waals surface area contributed by atoms with Crippen molar-refractivity contribution in [2.24, 2.45) is 0 Å². The highest BCUT2D eigenvalue weighted by Crippen LogP contribution is 2.12. The average Bonchev–Trinajstić information content (AvgIpc) is 2.87. The fraction of sp³-hybridized carbons (Fsp3) is 0.176. The molecule has 2 aromatic heterocycles. The maximum atomic E-state index is 13.5. The predicted octanol–water partition coefficient (Wildman–Crippen LogP) is 2.75. The molecule has 3 aromatic rings. The van der Waals surface area contributed by atoms with Gasteiger partial charge in [-0.05, 0) is 37.1 Å². The first kappa shape index (κ1) is 14.3. The second kappa shape index (κ2) is 5.97. The summed E-state index contributed by atoms with van der Waals surface area (Å²) in [4.78, 5) is 16.6.